The number of hydrogen-bond donors (Lipinski definition) is 0. The number of nitrogens with zero attached hydrogens (tertiary/aromatic N) is 1. The Hall–Kier alpha value is -2.11. The van der Waals surface area contributed by atoms with Gasteiger partial charge in [-0.3, -0.25) is 10.1 Å². The molecule has 1 aromatic rings. The monoisotopic (exact) mass is 267 g/mol. The quantitative estimate of drug-likeness (QED) is 0.328. The molecular formula is C13H17NO5. The Labute approximate surface area is 111 Å². The van der Waals surface area contributed by atoms with Crippen molar-refractivity contribution in [1.29, 1.82) is 0 Å². The van der Waals surface area contributed by atoms with Crippen LogP contribution in [0.1, 0.15) is 37.0 Å². The molecule has 0 aliphatic heterocycles. The number of rotatable bonds is 7. The van der Waals surface area contributed by atoms with Crippen LogP contribution in [0.15, 0.2) is 18.2 Å². The molecule has 6 heteroatoms. The van der Waals surface area contributed by atoms with Gasteiger partial charge in [0.1, 0.15) is 5.56 Å². The summed E-state index contributed by atoms with van der Waals surface area (Å²) in [6.45, 7) is 4.18. The largest absolute Gasteiger partial charge is 0.487 e. The van der Waals surface area contributed by atoms with Crippen molar-refractivity contribution in [3.63, 3.8) is 0 Å². The van der Waals surface area contributed by atoms with Crippen LogP contribution in [-0.2, 0) is 4.74 Å². The van der Waals surface area contributed by atoms with Gasteiger partial charge in [0.2, 0.25) is 0 Å². The molecule has 0 aliphatic rings. The number of nitro benzene ring substituents is 1. The van der Waals surface area contributed by atoms with Gasteiger partial charge < -0.3 is 9.47 Å². The van der Waals surface area contributed by atoms with E-state index in [9.17, 15) is 14.9 Å². The molecule has 0 radical (unpaired) electrons. The van der Waals surface area contributed by atoms with Crippen LogP contribution < -0.4 is 4.74 Å². The van der Waals surface area contributed by atoms with E-state index in [1.54, 1.807) is 13.0 Å². The fraction of sp³-hybridized carbons (Fsp3) is 0.462. The number of nitro groups is 1. The highest BCUT2D eigenvalue weighted by Crippen LogP contribution is 2.31. The highest BCUT2D eigenvalue weighted by Gasteiger charge is 2.26. The maximum atomic E-state index is 11.7. The van der Waals surface area contributed by atoms with E-state index in [4.69, 9.17) is 9.47 Å². The summed E-state index contributed by atoms with van der Waals surface area (Å²) in [5.74, 6) is -0.612. The van der Waals surface area contributed by atoms with Crippen LogP contribution in [0.4, 0.5) is 5.69 Å². The van der Waals surface area contributed by atoms with Gasteiger partial charge >= 0.3 is 11.7 Å². The number of para-hydroxylation sites is 1. The lowest BCUT2D eigenvalue weighted by Gasteiger charge is -2.08. The second kappa shape index (κ2) is 7.35. The zero-order valence-corrected chi connectivity index (χ0v) is 11.0. The van der Waals surface area contributed by atoms with Crippen molar-refractivity contribution in [2.45, 2.75) is 26.7 Å². The Balaban J connectivity index is 3.07. The predicted molar refractivity (Wildman–Crippen MR) is 69.5 cm³/mol. The Kier molecular flexibility index (Phi) is 5.78. The standard InChI is InChI=1S/C13H17NO5/c1-3-5-9-19-11-8-6-7-10(12(11)14(16)17)13(15)18-4-2/h6-8H,3-5,9H2,1-2H3. The van der Waals surface area contributed by atoms with Crippen LogP contribution in [0.25, 0.3) is 0 Å². The van der Waals surface area contributed by atoms with E-state index in [0.717, 1.165) is 12.8 Å². The number of unbranched alkanes of at least 4 members (excludes halogenated alkanes) is 1. The lowest BCUT2D eigenvalue weighted by Crippen LogP contribution is -2.09. The summed E-state index contributed by atoms with van der Waals surface area (Å²) in [5, 5.41) is 11.1. The molecule has 0 atom stereocenters. The van der Waals surface area contributed by atoms with Gasteiger partial charge in [-0.25, -0.2) is 4.79 Å². The number of carbonyl (C=O) groups is 1. The summed E-state index contributed by atoms with van der Waals surface area (Å²) in [5.41, 5.74) is -0.419. The summed E-state index contributed by atoms with van der Waals surface area (Å²) in [4.78, 5) is 22.2. The van der Waals surface area contributed by atoms with E-state index in [1.165, 1.54) is 12.1 Å². The van der Waals surface area contributed by atoms with Crippen LogP contribution in [0, 0.1) is 10.1 Å². The molecule has 0 fully saturated rings. The Bertz CT molecular complexity index is 458. The molecule has 19 heavy (non-hydrogen) atoms. The molecule has 0 amide bonds. The molecule has 104 valence electrons. The first-order valence-corrected chi connectivity index (χ1v) is 6.19. The molecular weight excluding hydrogens is 250 g/mol. The van der Waals surface area contributed by atoms with Crippen molar-refractivity contribution in [3.8, 4) is 5.75 Å². The highest BCUT2D eigenvalue weighted by molar-refractivity contribution is 5.95. The van der Waals surface area contributed by atoms with E-state index < -0.39 is 10.9 Å². The number of hydrogen-bond acceptors (Lipinski definition) is 5. The zero-order valence-electron chi connectivity index (χ0n) is 11.0. The van der Waals surface area contributed by atoms with Crippen molar-refractivity contribution >= 4 is 11.7 Å². The predicted octanol–water partition coefficient (Wildman–Crippen LogP) is 2.95. The third-order valence-electron chi connectivity index (χ3n) is 2.43. The maximum Gasteiger partial charge on any atom is 0.345 e. The number of carbonyl (C=O) groups excluding carboxylic acids is 1. The SMILES string of the molecule is CCCCOc1cccc(C(=O)OCC)c1[N+](=O)[O-]. The van der Waals surface area contributed by atoms with Gasteiger partial charge in [0.15, 0.2) is 5.75 Å². The normalized spacial score (nSPS) is 10.0. The molecule has 0 heterocycles. The van der Waals surface area contributed by atoms with E-state index in [2.05, 4.69) is 0 Å². The summed E-state index contributed by atoms with van der Waals surface area (Å²) in [6.07, 6.45) is 1.71. The first kappa shape index (κ1) is 14.9. The van der Waals surface area contributed by atoms with Gasteiger partial charge in [0.25, 0.3) is 0 Å². The molecule has 1 aromatic carbocycles. The molecule has 0 N–H and O–H groups in total. The smallest absolute Gasteiger partial charge is 0.345 e. The zero-order chi connectivity index (χ0) is 14.3. The van der Waals surface area contributed by atoms with E-state index in [-0.39, 0.29) is 23.6 Å². The second-order valence-corrected chi connectivity index (χ2v) is 3.83. The molecule has 0 saturated carbocycles. The second-order valence-electron chi connectivity index (χ2n) is 3.83. The van der Waals surface area contributed by atoms with Gasteiger partial charge in [-0.05, 0) is 25.5 Å². The lowest BCUT2D eigenvalue weighted by molar-refractivity contribution is -0.386. The minimum Gasteiger partial charge on any atom is -0.487 e. The van der Waals surface area contributed by atoms with Crippen molar-refractivity contribution in [2.75, 3.05) is 13.2 Å². The molecule has 0 saturated heterocycles. The molecule has 0 bridgehead atoms. The Morgan fingerprint density at radius 2 is 2.11 bits per heavy atom. The lowest BCUT2D eigenvalue weighted by atomic mass is 10.1. The number of benzene rings is 1. The molecule has 0 aromatic heterocycles. The van der Waals surface area contributed by atoms with Gasteiger partial charge in [0.05, 0.1) is 18.1 Å². The van der Waals surface area contributed by atoms with Gasteiger partial charge in [-0.2, -0.15) is 0 Å². The third-order valence-corrected chi connectivity index (χ3v) is 2.43. The topological polar surface area (TPSA) is 78.7 Å². The van der Waals surface area contributed by atoms with Gasteiger partial charge in [-0.1, -0.05) is 19.4 Å². The minimum atomic E-state index is -0.713. The summed E-state index contributed by atoms with van der Waals surface area (Å²) in [7, 11) is 0. The van der Waals surface area contributed by atoms with Crippen LogP contribution >= 0.6 is 0 Å². The third kappa shape index (κ3) is 3.94. The molecule has 1 rings (SSSR count). The fourth-order valence-electron chi connectivity index (χ4n) is 1.53. The summed E-state index contributed by atoms with van der Waals surface area (Å²) in [6, 6.07) is 4.39. The van der Waals surface area contributed by atoms with E-state index in [0.29, 0.717) is 6.61 Å². The van der Waals surface area contributed by atoms with Crippen molar-refractivity contribution in [1.82, 2.24) is 0 Å². The van der Waals surface area contributed by atoms with Crippen LogP contribution in [0.5, 0.6) is 5.75 Å². The van der Waals surface area contributed by atoms with Gasteiger partial charge in [0, 0.05) is 0 Å². The summed E-state index contributed by atoms with van der Waals surface area (Å²) < 4.78 is 10.2. The molecule has 0 spiro atoms. The Morgan fingerprint density at radius 3 is 2.68 bits per heavy atom. The first-order chi connectivity index (χ1) is 9.11. The molecule has 6 nitrogen and oxygen atoms in total. The maximum absolute atomic E-state index is 11.7. The molecule has 0 aliphatic carbocycles. The summed E-state index contributed by atoms with van der Waals surface area (Å²) >= 11 is 0. The van der Waals surface area contributed by atoms with Crippen LogP contribution in [-0.4, -0.2) is 24.1 Å². The average Bonchev–Trinajstić information content (AvgIpc) is 2.38. The first-order valence-electron chi connectivity index (χ1n) is 6.19. The van der Waals surface area contributed by atoms with Crippen molar-refractivity contribution < 1.29 is 19.2 Å². The number of ether oxygens (including phenoxy) is 2. The van der Waals surface area contributed by atoms with E-state index >= 15 is 0 Å². The van der Waals surface area contributed by atoms with Crippen LogP contribution in [0.3, 0.4) is 0 Å². The van der Waals surface area contributed by atoms with Crippen molar-refractivity contribution in [2.24, 2.45) is 0 Å². The van der Waals surface area contributed by atoms with Gasteiger partial charge in [-0.15, -0.1) is 0 Å². The molecule has 0 unspecified atom stereocenters. The van der Waals surface area contributed by atoms with Crippen LogP contribution in [0.2, 0.25) is 0 Å². The Morgan fingerprint density at radius 1 is 1.37 bits per heavy atom. The number of esters is 1. The minimum absolute atomic E-state index is 0.0825. The fourth-order valence-corrected chi connectivity index (χ4v) is 1.53. The van der Waals surface area contributed by atoms with Crippen molar-refractivity contribution in [3.05, 3.63) is 33.9 Å². The average molecular weight is 267 g/mol. The van der Waals surface area contributed by atoms with E-state index in [1.807, 2.05) is 6.92 Å². The highest BCUT2D eigenvalue weighted by atomic mass is 16.6.